The van der Waals surface area contributed by atoms with E-state index in [0.29, 0.717) is 21.8 Å². The van der Waals surface area contributed by atoms with Crippen LogP contribution in [0, 0.1) is 5.92 Å². The molecule has 1 saturated heterocycles. The monoisotopic (exact) mass is 468 g/mol. The Labute approximate surface area is 189 Å². The van der Waals surface area contributed by atoms with Crippen LogP contribution in [0.5, 0.6) is 0 Å². The highest BCUT2D eigenvalue weighted by Gasteiger charge is 2.44. The van der Waals surface area contributed by atoms with E-state index >= 15 is 0 Å². The minimum absolute atomic E-state index is 0.0601. The lowest BCUT2D eigenvalue weighted by Crippen LogP contribution is -2.26. The highest BCUT2D eigenvalue weighted by atomic mass is 35.5. The zero-order valence-corrected chi connectivity index (χ0v) is 17.6. The van der Waals surface area contributed by atoms with Crippen LogP contribution < -0.4 is 5.63 Å². The second-order valence-corrected chi connectivity index (χ2v) is 8.11. The number of hydrogen-bond donors (Lipinski definition) is 0. The van der Waals surface area contributed by atoms with E-state index in [1.165, 1.54) is 40.1 Å². The van der Waals surface area contributed by atoms with Crippen LogP contribution in [0.2, 0.25) is 5.02 Å². The summed E-state index contributed by atoms with van der Waals surface area (Å²) in [7, 11) is 0. The standard InChI is InChI=1S/C22H14ClFN4O5/c23-12-2-1-11-5-16(22(32)33-19(11)6-12)18(29)10-27-8-14(25-26-27)9-28-17-4-3-13(24)7-15(17)20(30)21(28)31/h1-6,8,15H,7,9-10H2. The molecule has 0 N–H and O–H groups in total. The summed E-state index contributed by atoms with van der Waals surface area (Å²) < 4.78 is 19.9. The number of hydrogen-bond acceptors (Lipinski definition) is 7. The van der Waals surface area contributed by atoms with E-state index in [1.54, 1.807) is 12.1 Å². The fourth-order valence-corrected chi connectivity index (χ4v) is 4.05. The second kappa shape index (κ2) is 7.89. The van der Waals surface area contributed by atoms with Gasteiger partial charge in [-0.15, -0.1) is 5.10 Å². The van der Waals surface area contributed by atoms with E-state index in [9.17, 15) is 23.6 Å². The van der Waals surface area contributed by atoms with E-state index in [-0.39, 0.29) is 30.7 Å². The van der Waals surface area contributed by atoms with Gasteiger partial charge in [0.25, 0.3) is 5.91 Å². The summed E-state index contributed by atoms with van der Waals surface area (Å²) in [6.07, 6.45) is 3.93. The van der Waals surface area contributed by atoms with Gasteiger partial charge in [-0.3, -0.25) is 14.4 Å². The van der Waals surface area contributed by atoms with E-state index in [1.807, 2.05) is 0 Å². The minimum atomic E-state index is -0.832. The summed E-state index contributed by atoms with van der Waals surface area (Å²) in [5.74, 6) is -3.25. The summed E-state index contributed by atoms with van der Waals surface area (Å²) >= 11 is 5.89. The molecule has 1 aliphatic heterocycles. The van der Waals surface area contributed by atoms with Crippen LogP contribution in [0.15, 0.2) is 63.3 Å². The van der Waals surface area contributed by atoms with E-state index in [4.69, 9.17) is 16.0 Å². The molecule has 1 unspecified atom stereocenters. The molecule has 1 atom stereocenters. The third-order valence-electron chi connectivity index (χ3n) is 5.49. The fourth-order valence-electron chi connectivity index (χ4n) is 3.89. The third kappa shape index (κ3) is 3.78. The average molecular weight is 469 g/mol. The van der Waals surface area contributed by atoms with Crippen molar-refractivity contribution >= 4 is 40.0 Å². The zero-order valence-electron chi connectivity index (χ0n) is 16.8. The highest BCUT2D eigenvalue weighted by Crippen LogP contribution is 2.35. The molecule has 1 aliphatic carbocycles. The van der Waals surface area contributed by atoms with Crippen LogP contribution in [-0.4, -0.2) is 37.4 Å². The van der Waals surface area contributed by atoms with Crippen molar-refractivity contribution in [3.8, 4) is 0 Å². The average Bonchev–Trinajstić information content (AvgIpc) is 3.31. The Morgan fingerprint density at radius 2 is 2.03 bits per heavy atom. The van der Waals surface area contributed by atoms with Crippen molar-refractivity contribution < 1.29 is 23.2 Å². The molecule has 2 aromatic heterocycles. The summed E-state index contributed by atoms with van der Waals surface area (Å²) in [6.45, 7) is -0.349. The summed E-state index contributed by atoms with van der Waals surface area (Å²) in [5, 5.41) is 8.75. The number of allylic oxidation sites excluding steroid dienone is 4. The molecule has 3 heterocycles. The Kier molecular flexibility index (Phi) is 5.01. The topological polar surface area (TPSA) is 115 Å². The van der Waals surface area contributed by atoms with Gasteiger partial charge in [-0.1, -0.05) is 16.8 Å². The Bertz CT molecular complexity index is 1470. The van der Waals surface area contributed by atoms with Gasteiger partial charge in [0, 0.05) is 28.6 Å². The molecule has 5 rings (SSSR count). The molecule has 1 amide bonds. The molecule has 0 bridgehead atoms. The molecular weight excluding hydrogens is 455 g/mol. The first kappa shape index (κ1) is 21.0. The predicted molar refractivity (Wildman–Crippen MR) is 113 cm³/mol. The number of amides is 1. The Balaban J connectivity index is 1.34. The maximum atomic E-state index is 13.5. The first-order valence-corrected chi connectivity index (χ1v) is 10.3. The number of benzene rings is 1. The Morgan fingerprint density at radius 3 is 2.85 bits per heavy atom. The molecule has 11 heteroatoms. The lowest BCUT2D eigenvalue weighted by Gasteiger charge is -2.19. The first-order chi connectivity index (χ1) is 15.8. The van der Waals surface area contributed by atoms with Crippen molar-refractivity contribution in [2.75, 3.05) is 0 Å². The van der Waals surface area contributed by atoms with Crippen LogP contribution in [0.25, 0.3) is 11.0 Å². The van der Waals surface area contributed by atoms with Gasteiger partial charge in [-0.2, -0.15) is 0 Å². The number of aromatic nitrogens is 3. The third-order valence-corrected chi connectivity index (χ3v) is 5.72. The van der Waals surface area contributed by atoms with Crippen LogP contribution in [0.4, 0.5) is 4.39 Å². The van der Waals surface area contributed by atoms with Gasteiger partial charge in [-0.25, -0.2) is 13.9 Å². The molecule has 1 fully saturated rings. The van der Waals surface area contributed by atoms with Crippen molar-refractivity contribution in [1.82, 2.24) is 19.9 Å². The molecule has 0 saturated carbocycles. The Morgan fingerprint density at radius 1 is 1.21 bits per heavy atom. The number of carbonyl (C=O) groups is 3. The number of rotatable bonds is 5. The van der Waals surface area contributed by atoms with Gasteiger partial charge >= 0.3 is 5.63 Å². The normalized spacial score (nSPS) is 17.9. The molecule has 1 aromatic carbocycles. The number of ketones is 2. The van der Waals surface area contributed by atoms with E-state index in [0.717, 1.165) is 0 Å². The zero-order chi connectivity index (χ0) is 23.3. The van der Waals surface area contributed by atoms with Gasteiger partial charge in [0.15, 0.2) is 5.78 Å². The summed E-state index contributed by atoms with van der Waals surface area (Å²) in [6, 6.07) is 6.15. The minimum Gasteiger partial charge on any atom is -0.422 e. The molecule has 0 radical (unpaired) electrons. The molecule has 0 spiro atoms. The van der Waals surface area contributed by atoms with Crippen molar-refractivity contribution in [1.29, 1.82) is 0 Å². The van der Waals surface area contributed by atoms with Crippen LogP contribution in [0.3, 0.4) is 0 Å². The quantitative estimate of drug-likeness (QED) is 0.321. The molecular formula is C22H14ClFN4O5. The Hall–Kier alpha value is -3.92. The van der Waals surface area contributed by atoms with Crippen LogP contribution in [-0.2, 0) is 22.7 Å². The van der Waals surface area contributed by atoms with Crippen LogP contribution in [0.1, 0.15) is 22.5 Å². The fraction of sp³-hybridized carbons (Fsp3) is 0.182. The number of nitrogens with zero attached hydrogens (tertiary/aromatic N) is 4. The van der Waals surface area contributed by atoms with E-state index < -0.39 is 34.8 Å². The number of halogens is 2. The highest BCUT2D eigenvalue weighted by molar-refractivity contribution is 6.40. The first-order valence-electron chi connectivity index (χ1n) is 9.88. The SMILES string of the molecule is O=C(Cn1cc(CN2C(=O)C(=O)C3CC(F)=CC=C32)nn1)c1cc2ccc(Cl)cc2oc1=O. The molecule has 2 aliphatic rings. The summed E-state index contributed by atoms with van der Waals surface area (Å²) in [4.78, 5) is 50.7. The van der Waals surface area contributed by atoms with Crippen molar-refractivity contribution in [2.24, 2.45) is 5.92 Å². The molecule has 33 heavy (non-hydrogen) atoms. The van der Waals surface area contributed by atoms with Gasteiger partial charge in [-0.05, 0) is 30.4 Å². The van der Waals surface area contributed by atoms with Crippen LogP contribution >= 0.6 is 11.6 Å². The van der Waals surface area contributed by atoms with Gasteiger partial charge < -0.3 is 9.32 Å². The van der Waals surface area contributed by atoms with Crippen molar-refractivity contribution in [3.63, 3.8) is 0 Å². The predicted octanol–water partition coefficient (Wildman–Crippen LogP) is 2.59. The molecule has 3 aromatic rings. The maximum absolute atomic E-state index is 13.5. The largest absolute Gasteiger partial charge is 0.422 e. The lowest BCUT2D eigenvalue weighted by molar-refractivity contribution is -0.140. The lowest BCUT2D eigenvalue weighted by atomic mass is 9.95. The number of fused-ring (bicyclic) bond motifs is 2. The number of carbonyl (C=O) groups excluding carboxylic acids is 3. The molecule has 9 nitrogen and oxygen atoms in total. The van der Waals surface area contributed by atoms with Gasteiger partial charge in [0.2, 0.25) is 5.78 Å². The smallest absolute Gasteiger partial charge is 0.347 e. The van der Waals surface area contributed by atoms with Gasteiger partial charge in [0.1, 0.15) is 29.2 Å². The molecule has 166 valence electrons. The summed E-state index contributed by atoms with van der Waals surface area (Å²) in [5.41, 5.74) is 0.0478. The van der Waals surface area contributed by atoms with Crippen molar-refractivity contribution in [3.05, 3.63) is 80.8 Å². The van der Waals surface area contributed by atoms with Gasteiger partial charge in [0.05, 0.1) is 18.7 Å². The maximum Gasteiger partial charge on any atom is 0.347 e. The van der Waals surface area contributed by atoms with E-state index in [2.05, 4.69) is 10.3 Å². The number of Topliss-reactive ketones (excluding diaryl/α,β-unsaturated/α-hetero) is 2. The second-order valence-electron chi connectivity index (χ2n) is 7.68. The number of likely N-dealkylation sites (tertiary alicyclic amines) is 1. The van der Waals surface area contributed by atoms with Crippen molar-refractivity contribution in [2.45, 2.75) is 19.5 Å².